The molecule has 0 radical (unpaired) electrons. The summed E-state index contributed by atoms with van der Waals surface area (Å²) in [4.78, 5) is 17.0. The highest BCUT2D eigenvalue weighted by Crippen LogP contribution is 2.24. The molecule has 118 valence electrons. The maximum atomic E-state index is 12.7. The van der Waals surface area contributed by atoms with Crippen molar-refractivity contribution in [3.05, 3.63) is 47.2 Å². The molecule has 0 saturated carbocycles. The summed E-state index contributed by atoms with van der Waals surface area (Å²) >= 11 is 0. The lowest BCUT2D eigenvalue weighted by molar-refractivity contribution is 0.102. The molecule has 0 spiro atoms. The molecule has 0 aliphatic heterocycles. The number of hydrogen-bond acceptors (Lipinski definition) is 5. The van der Waals surface area contributed by atoms with Crippen LogP contribution < -0.4 is 10.1 Å². The second-order valence-corrected chi connectivity index (χ2v) is 5.12. The second-order valence-electron chi connectivity index (χ2n) is 5.12. The number of hydrogen-bond donors (Lipinski definition) is 1. The first-order valence-electron chi connectivity index (χ1n) is 7.34. The molecular weight excluding hydrogens is 294 g/mol. The third kappa shape index (κ3) is 2.75. The van der Waals surface area contributed by atoms with E-state index < -0.39 is 0 Å². The van der Waals surface area contributed by atoms with Gasteiger partial charge in [0.1, 0.15) is 0 Å². The Balaban J connectivity index is 2.01. The highest BCUT2D eigenvalue weighted by atomic mass is 16.5. The van der Waals surface area contributed by atoms with Crippen LogP contribution in [-0.4, -0.2) is 23.2 Å². The van der Waals surface area contributed by atoms with Crippen molar-refractivity contribution in [1.29, 1.82) is 0 Å². The van der Waals surface area contributed by atoms with E-state index in [2.05, 4.69) is 15.5 Å². The van der Waals surface area contributed by atoms with E-state index in [0.29, 0.717) is 22.8 Å². The van der Waals surface area contributed by atoms with Crippen molar-refractivity contribution in [2.45, 2.75) is 20.3 Å². The third-order valence-corrected chi connectivity index (χ3v) is 3.73. The van der Waals surface area contributed by atoms with Crippen LogP contribution in [0.1, 0.15) is 28.5 Å². The van der Waals surface area contributed by atoms with Crippen molar-refractivity contribution in [2.75, 3.05) is 12.4 Å². The van der Waals surface area contributed by atoms with Gasteiger partial charge in [-0.05, 0) is 19.4 Å². The fraction of sp³-hybridized carbons (Fsp3) is 0.235. The highest BCUT2D eigenvalue weighted by molar-refractivity contribution is 6.12. The van der Waals surface area contributed by atoms with Crippen LogP contribution in [0.5, 0.6) is 5.88 Å². The Labute approximate surface area is 133 Å². The van der Waals surface area contributed by atoms with Crippen molar-refractivity contribution in [1.82, 2.24) is 10.1 Å². The van der Waals surface area contributed by atoms with Crippen LogP contribution in [0.25, 0.3) is 10.9 Å². The molecule has 1 N–H and O–H groups in total. The average Bonchev–Trinajstić information content (AvgIpc) is 2.93. The number of para-hydroxylation sites is 1. The number of aryl methyl sites for hydroxylation is 1. The van der Waals surface area contributed by atoms with E-state index in [9.17, 15) is 4.79 Å². The molecule has 0 unspecified atom stereocenters. The second kappa shape index (κ2) is 6.08. The zero-order valence-corrected chi connectivity index (χ0v) is 13.2. The molecule has 0 atom stereocenters. The fourth-order valence-corrected chi connectivity index (χ4v) is 2.43. The Morgan fingerprint density at radius 3 is 2.83 bits per heavy atom. The number of aromatic nitrogens is 2. The van der Waals surface area contributed by atoms with Gasteiger partial charge in [0.05, 0.1) is 23.9 Å². The topological polar surface area (TPSA) is 77.2 Å². The van der Waals surface area contributed by atoms with E-state index in [1.54, 1.807) is 6.07 Å². The van der Waals surface area contributed by atoms with Crippen molar-refractivity contribution >= 4 is 22.7 Å². The smallest absolute Gasteiger partial charge is 0.258 e. The van der Waals surface area contributed by atoms with Crippen molar-refractivity contribution < 1.29 is 14.1 Å². The van der Waals surface area contributed by atoms with E-state index in [4.69, 9.17) is 9.26 Å². The summed E-state index contributed by atoms with van der Waals surface area (Å²) in [7, 11) is 1.52. The number of nitrogens with zero attached hydrogens (tertiary/aromatic N) is 2. The maximum Gasteiger partial charge on any atom is 0.258 e. The van der Waals surface area contributed by atoms with Gasteiger partial charge < -0.3 is 9.26 Å². The number of nitrogens with one attached hydrogen (secondary N) is 1. The van der Waals surface area contributed by atoms with Gasteiger partial charge in [0.25, 0.3) is 5.91 Å². The Morgan fingerprint density at radius 1 is 1.35 bits per heavy atom. The zero-order valence-electron chi connectivity index (χ0n) is 13.2. The van der Waals surface area contributed by atoms with Crippen LogP contribution in [0.3, 0.4) is 0 Å². The standard InChI is InChI=1S/C17H17N3O3/c1-4-13-10(2)17(23-20-13)19-16(21)12-9-15(22-3)18-14-8-6-5-7-11(12)14/h5-9H,4H2,1-3H3,(H,19,21). The van der Waals surface area contributed by atoms with Gasteiger partial charge in [0.2, 0.25) is 11.8 Å². The number of benzene rings is 1. The molecule has 3 aromatic rings. The molecule has 6 nitrogen and oxygen atoms in total. The van der Waals surface area contributed by atoms with Gasteiger partial charge in [0, 0.05) is 17.0 Å². The quantitative estimate of drug-likeness (QED) is 0.799. The van der Waals surface area contributed by atoms with Crippen LogP contribution in [0.2, 0.25) is 0 Å². The van der Waals surface area contributed by atoms with Gasteiger partial charge in [-0.3, -0.25) is 10.1 Å². The molecule has 0 aliphatic rings. The van der Waals surface area contributed by atoms with Gasteiger partial charge in [0.15, 0.2) is 0 Å². The van der Waals surface area contributed by atoms with Crippen molar-refractivity contribution in [3.63, 3.8) is 0 Å². The third-order valence-electron chi connectivity index (χ3n) is 3.73. The molecule has 2 aromatic heterocycles. The predicted molar refractivity (Wildman–Crippen MR) is 86.9 cm³/mol. The number of carbonyl (C=O) groups is 1. The lowest BCUT2D eigenvalue weighted by Crippen LogP contribution is -2.13. The molecule has 0 saturated heterocycles. The van der Waals surface area contributed by atoms with Gasteiger partial charge in [-0.1, -0.05) is 30.3 Å². The molecule has 6 heteroatoms. The summed E-state index contributed by atoms with van der Waals surface area (Å²) in [5.74, 6) is 0.466. The number of pyridine rings is 1. The minimum atomic E-state index is -0.288. The van der Waals surface area contributed by atoms with E-state index in [-0.39, 0.29) is 5.91 Å². The maximum absolute atomic E-state index is 12.7. The molecule has 0 aliphatic carbocycles. The normalized spacial score (nSPS) is 10.7. The van der Waals surface area contributed by atoms with E-state index in [0.717, 1.165) is 23.1 Å². The van der Waals surface area contributed by atoms with Crippen molar-refractivity contribution in [2.24, 2.45) is 0 Å². The largest absolute Gasteiger partial charge is 0.481 e. The monoisotopic (exact) mass is 311 g/mol. The zero-order chi connectivity index (χ0) is 16.4. The Bertz CT molecular complexity index is 871. The minimum Gasteiger partial charge on any atom is -0.481 e. The number of methoxy groups -OCH3 is 1. The Kier molecular flexibility index (Phi) is 3.97. The number of carbonyl (C=O) groups excluding carboxylic acids is 1. The lowest BCUT2D eigenvalue weighted by atomic mass is 10.1. The Hall–Kier alpha value is -2.89. The van der Waals surface area contributed by atoms with Crippen LogP contribution in [0.15, 0.2) is 34.9 Å². The first kappa shape index (κ1) is 15.0. The average molecular weight is 311 g/mol. The summed E-state index contributed by atoms with van der Waals surface area (Å²) in [5.41, 5.74) is 2.84. The lowest BCUT2D eigenvalue weighted by Gasteiger charge is -2.08. The van der Waals surface area contributed by atoms with E-state index in [1.807, 2.05) is 38.1 Å². The summed E-state index contributed by atoms with van der Waals surface area (Å²) < 4.78 is 10.4. The summed E-state index contributed by atoms with van der Waals surface area (Å²) in [5, 5.41) is 7.47. The molecule has 0 bridgehead atoms. The number of fused-ring (bicyclic) bond motifs is 1. The number of rotatable bonds is 4. The molecule has 3 rings (SSSR count). The summed E-state index contributed by atoms with van der Waals surface area (Å²) in [6, 6.07) is 9.03. The van der Waals surface area contributed by atoms with E-state index >= 15 is 0 Å². The minimum absolute atomic E-state index is 0.288. The molecule has 2 heterocycles. The highest BCUT2D eigenvalue weighted by Gasteiger charge is 2.17. The number of ether oxygens (including phenoxy) is 1. The Morgan fingerprint density at radius 2 is 2.13 bits per heavy atom. The number of amides is 1. The molecule has 1 amide bonds. The predicted octanol–water partition coefficient (Wildman–Crippen LogP) is 3.35. The van der Waals surface area contributed by atoms with Crippen LogP contribution in [0.4, 0.5) is 5.88 Å². The summed E-state index contributed by atoms with van der Waals surface area (Å²) in [6.45, 7) is 3.86. The molecule has 0 fully saturated rings. The van der Waals surface area contributed by atoms with Gasteiger partial charge in [-0.2, -0.15) is 0 Å². The van der Waals surface area contributed by atoms with Crippen molar-refractivity contribution in [3.8, 4) is 5.88 Å². The van der Waals surface area contributed by atoms with Crippen LogP contribution >= 0.6 is 0 Å². The van der Waals surface area contributed by atoms with Gasteiger partial charge >= 0.3 is 0 Å². The molecular formula is C17H17N3O3. The summed E-state index contributed by atoms with van der Waals surface area (Å²) in [6.07, 6.45) is 0.747. The van der Waals surface area contributed by atoms with Crippen LogP contribution in [-0.2, 0) is 6.42 Å². The van der Waals surface area contributed by atoms with Crippen LogP contribution in [0, 0.1) is 6.92 Å². The first-order chi connectivity index (χ1) is 11.1. The van der Waals surface area contributed by atoms with Gasteiger partial charge in [-0.15, -0.1) is 0 Å². The molecule has 1 aromatic carbocycles. The van der Waals surface area contributed by atoms with E-state index in [1.165, 1.54) is 7.11 Å². The first-order valence-corrected chi connectivity index (χ1v) is 7.34. The fourth-order valence-electron chi connectivity index (χ4n) is 2.43. The number of anilines is 1. The van der Waals surface area contributed by atoms with Gasteiger partial charge in [-0.25, -0.2) is 4.98 Å². The molecule has 23 heavy (non-hydrogen) atoms. The SMILES string of the molecule is CCc1noc(NC(=O)c2cc(OC)nc3ccccc23)c1C.